The summed E-state index contributed by atoms with van der Waals surface area (Å²) in [4.78, 5) is 12.1. The van der Waals surface area contributed by atoms with E-state index < -0.39 is 17.9 Å². The van der Waals surface area contributed by atoms with Crippen molar-refractivity contribution in [2.24, 2.45) is 0 Å². The molecular formula is C21H29NO7. The zero-order chi connectivity index (χ0) is 20.6. The number of benzene rings is 1. The van der Waals surface area contributed by atoms with E-state index in [1.54, 1.807) is 12.1 Å². The first-order valence-electron chi connectivity index (χ1n) is 10.0. The Kier molecular flexibility index (Phi) is 5.67. The topological polar surface area (TPSA) is 84.5 Å². The van der Waals surface area contributed by atoms with Crippen LogP contribution in [-0.2, 0) is 28.4 Å². The van der Waals surface area contributed by atoms with Crippen LogP contribution in [0.1, 0.15) is 38.1 Å². The molecule has 0 aliphatic carbocycles. The molecule has 8 heteroatoms. The standard InChI is InChI=1S/C21H29NO7/c1-20(2)26-15-14(25-19-17(16(15)27-20)28-21(3,4)29-19)12-24-11-10-22-18(23)13-8-6-5-7-9-13/h5-9,14-17,19H,10-12H2,1-4H3,(H,22,23)/t14-,15+,16+,17-,19-/m1/s1. The van der Waals surface area contributed by atoms with Crippen molar-refractivity contribution in [3.05, 3.63) is 35.9 Å². The van der Waals surface area contributed by atoms with Gasteiger partial charge in [0.15, 0.2) is 17.9 Å². The smallest absolute Gasteiger partial charge is 0.251 e. The number of carbonyl (C=O) groups is 1. The van der Waals surface area contributed by atoms with E-state index >= 15 is 0 Å². The van der Waals surface area contributed by atoms with Crippen LogP contribution in [0.25, 0.3) is 0 Å². The lowest BCUT2D eigenvalue weighted by Gasteiger charge is -2.37. The minimum Gasteiger partial charge on any atom is -0.377 e. The van der Waals surface area contributed by atoms with Gasteiger partial charge in [0.1, 0.15) is 24.4 Å². The van der Waals surface area contributed by atoms with Crippen LogP contribution in [0.15, 0.2) is 30.3 Å². The van der Waals surface area contributed by atoms with Crippen LogP contribution in [0, 0.1) is 0 Å². The Morgan fingerprint density at radius 2 is 1.62 bits per heavy atom. The summed E-state index contributed by atoms with van der Waals surface area (Å²) in [6, 6.07) is 9.08. The van der Waals surface area contributed by atoms with Crippen LogP contribution in [0.2, 0.25) is 0 Å². The maximum absolute atomic E-state index is 12.1. The van der Waals surface area contributed by atoms with Gasteiger partial charge in [0.25, 0.3) is 5.91 Å². The number of fused-ring (bicyclic) bond motifs is 3. The van der Waals surface area contributed by atoms with E-state index in [2.05, 4.69) is 5.32 Å². The van der Waals surface area contributed by atoms with Gasteiger partial charge in [0.2, 0.25) is 0 Å². The predicted octanol–water partition coefficient (Wildman–Crippen LogP) is 1.83. The summed E-state index contributed by atoms with van der Waals surface area (Å²) in [5.41, 5.74) is 0.622. The molecule has 3 fully saturated rings. The average molecular weight is 407 g/mol. The van der Waals surface area contributed by atoms with Crippen molar-refractivity contribution >= 4 is 5.91 Å². The van der Waals surface area contributed by atoms with Gasteiger partial charge in [-0.25, -0.2) is 0 Å². The van der Waals surface area contributed by atoms with E-state index in [0.717, 1.165) is 0 Å². The number of amides is 1. The average Bonchev–Trinajstić information content (AvgIpc) is 3.16. The van der Waals surface area contributed by atoms with Crippen LogP contribution < -0.4 is 5.32 Å². The zero-order valence-corrected chi connectivity index (χ0v) is 17.3. The molecule has 0 spiro atoms. The summed E-state index contributed by atoms with van der Waals surface area (Å²) < 4.78 is 35.8. The summed E-state index contributed by atoms with van der Waals surface area (Å²) in [7, 11) is 0. The highest BCUT2D eigenvalue weighted by Gasteiger charge is 2.60. The fourth-order valence-corrected chi connectivity index (χ4v) is 3.96. The number of carbonyl (C=O) groups excluding carboxylic acids is 1. The van der Waals surface area contributed by atoms with Gasteiger partial charge < -0.3 is 33.7 Å². The van der Waals surface area contributed by atoms with Crippen molar-refractivity contribution in [1.82, 2.24) is 5.32 Å². The normalized spacial score (nSPS) is 34.4. The van der Waals surface area contributed by atoms with Crippen LogP contribution in [0.4, 0.5) is 0 Å². The van der Waals surface area contributed by atoms with E-state index in [1.165, 1.54) is 0 Å². The quantitative estimate of drug-likeness (QED) is 0.720. The Balaban J connectivity index is 1.29. The molecule has 0 radical (unpaired) electrons. The molecule has 3 heterocycles. The summed E-state index contributed by atoms with van der Waals surface area (Å²) >= 11 is 0. The highest BCUT2D eigenvalue weighted by Crippen LogP contribution is 2.44. The van der Waals surface area contributed by atoms with Crippen molar-refractivity contribution in [3.8, 4) is 0 Å². The second-order valence-electron chi connectivity index (χ2n) is 8.40. The van der Waals surface area contributed by atoms with Gasteiger partial charge in [-0.05, 0) is 39.8 Å². The van der Waals surface area contributed by atoms with Gasteiger partial charge in [0.05, 0.1) is 13.2 Å². The van der Waals surface area contributed by atoms with Crippen LogP contribution in [0.5, 0.6) is 0 Å². The van der Waals surface area contributed by atoms with Crippen molar-refractivity contribution < 1.29 is 33.2 Å². The van der Waals surface area contributed by atoms with E-state index in [1.807, 2.05) is 45.9 Å². The number of ether oxygens (including phenoxy) is 6. The SMILES string of the molecule is CC1(C)O[C@H]2[C@@H](O1)[C@@H](COCCNC(=O)c1ccccc1)O[C@@H]1OC(C)(C)O[C@@H]12. The predicted molar refractivity (Wildman–Crippen MR) is 102 cm³/mol. The van der Waals surface area contributed by atoms with Gasteiger partial charge in [0, 0.05) is 12.1 Å². The first-order chi connectivity index (χ1) is 13.7. The monoisotopic (exact) mass is 407 g/mol. The molecule has 0 bridgehead atoms. The van der Waals surface area contributed by atoms with Gasteiger partial charge >= 0.3 is 0 Å². The van der Waals surface area contributed by atoms with Crippen molar-refractivity contribution in [2.45, 2.75) is 70.0 Å². The van der Waals surface area contributed by atoms with Gasteiger partial charge in [-0.15, -0.1) is 0 Å². The third-order valence-electron chi connectivity index (χ3n) is 5.10. The van der Waals surface area contributed by atoms with Gasteiger partial charge in [-0.1, -0.05) is 18.2 Å². The molecule has 1 N–H and O–H groups in total. The molecule has 1 aromatic carbocycles. The number of hydrogen-bond acceptors (Lipinski definition) is 7. The molecule has 1 amide bonds. The Morgan fingerprint density at radius 1 is 0.966 bits per heavy atom. The summed E-state index contributed by atoms with van der Waals surface area (Å²) in [6.07, 6.45) is -1.85. The zero-order valence-electron chi connectivity index (χ0n) is 17.3. The molecule has 1 aromatic rings. The minimum atomic E-state index is -0.743. The highest BCUT2D eigenvalue weighted by molar-refractivity contribution is 5.94. The van der Waals surface area contributed by atoms with Gasteiger partial charge in [-0.3, -0.25) is 4.79 Å². The molecule has 5 atom stereocenters. The molecule has 3 aliphatic heterocycles. The second kappa shape index (κ2) is 7.94. The Hall–Kier alpha value is -1.55. The van der Waals surface area contributed by atoms with E-state index in [0.29, 0.717) is 25.3 Å². The molecule has 0 aromatic heterocycles. The Morgan fingerprint density at radius 3 is 2.38 bits per heavy atom. The van der Waals surface area contributed by atoms with Crippen LogP contribution >= 0.6 is 0 Å². The molecule has 3 saturated heterocycles. The largest absolute Gasteiger partial charge is 0.377 e. The fraction of sp³-hybridized carbons (Fsp3) is 0.667. The van der Waals surface area contributed by atoms with Gasteiger partial charge in [-0.2, -0.15) is 0 Å². The van der Waals surface area contributed by atoms with Crippen LogP contribution in [0.3, 0.4) is 0 Å². The third-order valence-corrected chi connectivity index (χ3v) is 5.10. The maximum Gasteiger partial charge on any atom is 0.251 e. The molecule has 0 unspecified atom stereocenters. The number of rotatable bonds is 6. The lowest BCUT2D eigenvalue weighted by Crippen LogP contribution is -2.56. The number of hydrogen-bond donors (Lipinski definition) is 1. The Bertz CT molecular complexity index is 723. The lowest BCUT2D eigenvalue weighted by molar-refractivity contribution is -0.242. The fourth-order valence-electron chi connectivity index (χ4n) is 3.96. The van der Waals surface area contributed by atoms with E-state index in [-0.39, 0.29) is 30.3 Å². The Labute approximate surface area is 170 Å². The third kappa shape index (κ3) is 4.63. The number of nitrogens with one attached hydrogen (secondary N) is 1. The second-order valence-corrected chi connectivity index (χ2v) is 8.40. The summed E-state index contributed by atoms with van der Waals surface area (Å²) in [6.45, 7) is 8.51. The summed E-state index contributed by atoms with van der Waals surface area (Å²) in [5, 5.41) is 2.84. The molecule has 29 heavy (non-hydrogen) atoms. The first-order valence-corrected chi connectivity index (χ1v) is 10.0. The van der Waals surface area contributed by atoms with Crippen molar-refractivity contribution in [1.29, 1.82) is 0 Å². The molecular weight excluding hydrogens is 378 g/mol. The molecule has 160 valence electrons. The van der Waals surface area contributed by atoms with Crippen molar-refractivity contribution in [3.63, 3.8) is 0 Å². The molecule has 0 saturated carbocycles. The highest BCUT2D eigenvalue weighted by atomic mass is 16.9. The van der Waals surface area contributed by atoms with E-state index in [9.17, 15) is 4.79 Å². The van der Waals surface area contributed by atoms with Crippen LogP contribution in [-0.4, -0.2) is 67.9 Å². The molecule has 3 aliphatic rings. The minimum absolute atomic E-state index is 0.126. The maximum atomic E-state index is 12.1. The first kappa shape index (κ1) is 20.7. The van der Waals surface area contributed by atoms with E-state index in [4.69, 9.17) is 28.4 Å². The van der Waals surface area contributed by atoms with Crippen molar-refractivity contribution in [2.75, 3.05) is 19.8 Å². The lowest BCUT2D eigenvalue weighted by atomic mass is 9.99. The summed E-state index contributed by atoms with van der Waals surface area (Å²) in [5.74, 6) is -1.60. The molecule has 8 nitrogen and oxygen atoms in total. The molecule has 4 rings (SSSR count).